The first-order chi connectivity index (χ1) is 12.0. The van der Waals surface area contributed by atoms with Gasteiger partial charge in [0.05, 0.1) is 5.25 Å². The van der Waals surface area contributed by atoms with Gasteiger partial charge in [-0.3, -0.25) is 9.59 Å². The number of thioether (sulfide) groups is 1. The number of anilines is 1. The molecule has 1 aliphatic rings. The van der Waals surface area contributed by atoms with E-state index < -0.39 is 22.9 Å². The fourth-order valence-electron chi connectivity index (χ4n) is 2.67. The lowest BCUT2D eigenvalue weighted by molar-refractivity contribution is -0.133. The zero-order chi connectivity index (χ0) is 18.0. The Hall–Kier alpha value is -2.41. The van der Waals surface area contributed by atoms with E-state index in [2.05, 4.69) is 5.32 Å². The van der Waals surface area contributed by atoms with Crippen LogP contribution in [0, 0.1) is 11.6 Å². The molecular formula is C18H16F2N2O2S. The van der Waals surface area contributed by atoms with Gasteiger partial charge in [0.25, 0.3) is 0 Å². The molecule has 0 bridgehead atoms. The normalized spacial score (nSPS) is 20.0. The number of nitrogens with one attached hydrogen (secondary N) is 1. The average molecular weight is 362 g/mol. The standard InChI is InChI=1S/C18H16F2N2O2S/c1-11-17(24)22(18(25-11)14-7-2-3-8-15(14)20)10-16(23)21-13-6-4-5-12(19)9-13/h2-9,11,18H,10H2,1H3,(H,21,23)/t11-,18-/m1/s1. The molecule has 2 amide bonds. The number of rotatable bonds is 4. The number of hydrogen-bond acceptors (Lipinski definition) is 3. The molecule has 4 nitrogen and oxygen atoms in total. The first kappa shape index (κ1) is 17.4. The molecule has 0 aromatic heterocycles. The van der Waals surface area contributed by atoms with E-state index in [1.165, 1.54) is 40.9 Å². The molecule has 1 heterocycles. The fraction of sp³-hybridized carbons (Fsp3) is 0.222. The Morgan fingerprint density at radius 2 is 1.96 bits per heavy atom. The van der Waals surface area contributed by atoms with Crippen molar-refractivity contribution >= 4 is 29.3 Å². The van der Waals surface area contributed by atoms with Crippen molar-refractivity contribution in [1.29, 1.82) is 0 Å². The van der Waals surface area contributed by atoms with Crippen LogP contribution >= 0.6 is 11.8 Å². The van der Waals surface area contributed by atoms with Gasteiger partial charge in [0.1, 0.15) is 23.6 Å². The van der Waals surface area contributed by atoms with Crippen LogP contribution in [-0.2, 0) is 9.59 Å². The molecular weight excluding hydrogens is 346 g/mol. The van der Waals surface area contributed by atoms with Gasteiger partial charge in [-0.25, -0.2) is 8.78 Å². The molecule has 0 radical (unpaired) electrons. The summed E-state index contributed by atoms with van der Waals surface area (Å²) < 4.78 is 27.3. The van der Waals surface area contributed by atoms with Gasteiger partial charge >= 0.3 is 0 Å². The Balaban J connectivity index is 1.77. The quantitative estimate of drug-likeness (QED) is 0.905. The monoisotopic (exact) mass is 362 g/mol. The number of carbonyl (C=O) groups excluding carboxylic acids is 2. The van der Waals surface area contributed by atoms with E-state index in [0.29, 0.717) is 11.3 Å². The van der Waals surface area contributed by atoms with Crippen molar-refractivity contribution in [2.45, 2.75) is 17.5 Å². The van der Waals surface area contributed by atoms with Crippen LogP contribution in [0.1, 0.15) is 17.9 Å². The predicted molar refractivity (Wildman–Crippen MR) is 92.9 cm³/mol. The summed E-state index contributed by atoms with van der Waals surface area (Å²) in [4.78, 5) is 26.0. The summed E-state index contributed by atoms with van der Waals surface area (Å²) in [6.45, 7) is 1.50. The highest BCUT2D eigenvalue weighted by Gasteiger charge is 2.40. The molecule has 2 atom stereocenters. The van der Waals surface area contributed by atoms with E-state index in [4.69, 9.17) is 0 Å². The number of hydrogen-bond donors (Lipinski definition) is 1. The molecule has 3 rings (SSSR count). The lowest BCUT2D eigenvalue weighted by Gasteiger charge is -2.24. The second kappa shape index (κ2) is 7.23. The highest BCUT2D eigenvalue weighted by molar-refractivity contribution is 8.01. The Bertz CT molecular complexity index is 815. The molecule has 7 heteroatoms. The van der Waals surface area contributed by atoms with Crippen molar-refractivity contribution in [1.82, 2.24) is 4.90 Å². The van der Waals surface area contributed by atoms with Crippen molar-refractivity contribution in [2.75, 3.05) is 11.9 Å². The summed E-state index contributed by atoms with van der Waals surface area (Å²) in [6, 6.07) is 11.7. The van der Waals surface area contributed by atoms with E-state index in [1.54, 1.807) is 31.2 Å². The molecule has 1 saturated heterocycles. The van der Waals surface area contributed by atoms with Gasteiger partial charge in [-0.1, -0.05) is 24.3 Å². The van der Waals surface area contributed by atoms with Gasteiger partial charge in [0.2, 0.25) is 11.8 Å². The molecule has 0 saturated carbocycles. The minimum absolute atomic E-state index is 0.229. The molecule has 0 spiro atoms. The summed E-state index contributed by atoms with van der Waals surface area (Å²) in [6.07, 6.45) is 0. The first-order valence-corrected chi connectivity index (χ1v) is 8.66. The van der Waals surface area contributed by atoms with Crippen LogP contribution < -0.4 is 5.32 Å². The summed E-state index contributed by atoms with van der Waals surface area (Å²) in [5.41, 5.74) is 0.670. The summed E-state index contributed by atoms with van der Waals surface area (Å²) in [7, 11) is 0. The maximum atomic E-state index is 14.1. The van der Waals surface area contributed by atoms with Crippen LogP contribution in [0.5, 0.6) is 0 Å². The SMILES string of the molecule is C[C@H]1S[C@H](c2ccccc2F)N(CC(=O)Nc2cccc(F)c2)C1=O. The molecule has 1 N–H and O–H groups in total. The minimum Gasteiger partial charge on any atom is -0.324 e. The van der Waals surface area contributed by atoms with Gasteiger partial charge in [-0.15, -0.1) is 11.8 Å². The highest BCUT2D eigenvalue weighted by Crippen LogP contribution is 2.43. The fourth-order valence-corrected chi connectivity index (χ4v) is 3.97. The lowest BCUT2D eigenvalue weighted by atomic mass is 10.2. The summed E-state index contributed by atoms with van der Waals surface area (Å²) in [5, 5.41) is 1.62. The van der Waals surface area contributed by atoms with Gasteiger partial charge in [-0.2, -0.15) is 0 Å². The summed E-state index contributed by atoms with van der Waals surface area (Å²) >= 11 is 1.30. The minimum atomic E-state index is -0.568. The average Bonchev–Trinajstić information content (AvgIpc) is 2.83. The Morgan fingerprint density at radius 1 is 1.20 bits per heavy atom. The molecule has 130 valence electrons. The largest absolute Gasteiger partial charge is 0.324 e. The van der Waals surface area contributed by atoms with E-state index >= 15 is 0 Å². The van der Waals surface area contributed by atoms with Crippen LogP contribution in [0.2, 0.25) is 0 Å². The molecule has 0 aliphatic carbocycles. The molecule has 2 aromatic carbocycles. The molecule has 2 aromatic rings. The topological polar surface area (TPSA) is 49.4 Å². The number of nitrogens with zero attached hydrogens (tertiary/aromatic N) is 1. The third kappa shape index (κ3) is 3.82. The number of halogens is 2. The second-order valence-corrected chi connectivity index (χ2v) is 7.10. The smallest absolute Gasteiger partial charge is 0.244 e. The van der Waals surface area contributed by atoms with Crippen molar-refractivity contribution in [3.8, 4) is 0 Å². The van der Waals surface area contributed by atoms with Crippen LogP contribution in [0.3, 0.4) is 0 Å². The maximum Gasteiger partial charge on any atom is 0.244 e. The predicted octanol–water partition coefficient (Wildman–Crippen LogP) is 3.57. The van der Waals surface area contributed by atoms with Crippen LogP contribution in [-0.4, -0.2) is 28.5 Å². The molecule has 0 unspecified atom stereocenters. The maximum absolute atomic E-state index is 14.1. The van der Waals surface area contributed by atoms with Crippen molar-refractivity contribution < 1.29 is 18.4 Å². The molecule has 1 fully saturated rings. The Labute approximate surface area is 148 Å². The van der Waals surface area contributed by atoms with Crippen molar-refractivity contribution in [3.05, 3.63) is 65.7 Å². The molecule has 25 heavy (non-hydrogen) atoms. The van der Waals surface area contributed by atoms with Crippen molar-refractivity contribution in [2.24, 2.45) is 0 Å². The number of benzene rings is 2. The van der Waals surface area contributed by atoms with Gasteiger partial charge in [0, 0.05) is 11.3 Å². The van der Waals surface area contributed by atoms with Crippen LogP contribution in [0.25, 0.3) is 0 Å². The number of carbonyl (C=O) groups is 2. The second-order valence-electron chi connectivity index (χ2n) is 5.68. The third-order valence-corrected chi connectivity index (χ3v) is 5.22. The zero-order valence-electron chi connectivity index (χ0n) is 13.4. The van der Waals surface area contributed by atoms with Gasteiger partial charge in [0.15, 0.2) is 0 Å². The van der Waals surface area contributed by atoms with Crippen LogP contribution in [0.15, 0.2) is 48.5 Å². The van der Waals surface area contributed by atoms with E-state index in [9.17, 15) is 18.4 Å². The van der Waals surface area contributed by atoms with E-state index in [1.807, 2.05) is 0 Å². The highest BCUT2D eigenvalue weighted by atomic mass is 32.2. The Kier molecular flexibility index (Phi) is 5.03. The zero-order valence-corrected chi connectivity index (χ0v) is 14.2. The first-order valence-electron chi connectivity index (χ1n) is 7.71. The van der Waals surface area contributed by atoms with Crippen LogP contribution in [0.4, 0.5) is 14.5 Å². The van der Waals surface area contributed by atoms with Gasteiger partial charge < -0.3 is 10.2 Å². The molecule has 1 aliphatic heterocycles. The third-order valence-electron chi connectivity index (χ3n) is 3.84. The van der Waals surface area contributed by atoms with E-state index in [-0.39, 0.29) is 17.7 Å². The van der Waals surface area contributed by atoms with E-state index in [0.717, 1.165) is 0 Å². The van der Waals surface area contributed by atoms with Gasteiger partial charge in [-0.05, 0) is 31.2 Å². The number of amides is 2. The van der Waals surface area contributed by atoms with Crippen molar-refractivity contribution in [3.63, 3.8) is 0 Å². The summed E-state index contributed by atoms with van der Waals surface area (Å²) in [5.74, 6) is -1.58. The Morgan fingerprint density at radius 3 is 2.68 bits per heavy atom. The lowest BCUT2D eigenvalue weighted by Crippen LogP contribution is -2.37.